The molecule has 1 rings (SSSR count). The van der Waals surface area contributed by atoms with Crippen LogP contribution in [0.25, 0.3) is 0 Å². The summed E-state index contributed by atoms with van der Waals surface area (Å²) in [6.45, 7) is 0. The largest absolute Gasteiger partial charge is 0.385 e. The zero-order valence-corrected chi connectivity index (χ0v) is 8.15. The van der Waals surface area contributed by atoms with Crippen LogP contribution in [-0.2, 0) is 4.79 Å². The minimum Gasteiger partial charge on any atom is -0.385 e. The van der Waals surface area contributed by atoms with Crippen molar-refractivity contribution in [1.29, 1.82) is 0 Å². The Kier molecular flexibility index (Phi) is 4.55. The molecule has 1 aliphatic rings. The molecular formula is C11H16N2O. The van der Waals surface area contributed by atoms with Gasteiger partial charge in [-0.1, -0.05) is 24.3 Å². The smallest absolute Gasteiger partial charge is 0.217 e. The molecule has 3 N–H and O–H groups in total. The number of nitrogens with two attached hydrogens (primary N) is 1. The van der Waals surface area contributed by atoms with Crippen LogP contribution >= 0.6 is 0 Å². The van der Waals surface area contributed by atoms with Crippen molar-refractivity contribution < 1.29 is 4.79 Å². The molecule has 1 heterocycles. The van der Waals surface area contributed by atoms with Gasteiger partial charge in [0.25, 0.3) is 0 Å². The van der Waals surface area contributed by atoms with Crippen LogP contribution in [-0.4, -0.2) is 11.9 Å². The van der Waals surface area contributed by atoms with Gasteiger partial charge in [-0.2, -0.15) is 0 Å². The third-order valence-corrected chi connectivity index (χ3v) is 2.02. The Morgan fingerprint density at radius 2 is 2.07 bits per heavy atom. The zero-order valence-electron chi connectivity index (χ0n) is 8.15. The first kappa shape index (κ1) is 10.6. The molecule has 0 aliphatic carbocycles. The van der Waals surface area contributed by atoms with Crippen LogP contribution in [0.1, 0.15) is 19.3 Å². The lowest BCUT2D eigenvalue weighted by Crippen LogP contribution is -2.22. The lowest BCUT2D eigenvalue weighted by atomic mass is 10.1. The molecule has 0 saturated heterocycles. The summed E-state index contributed by atoms with van der Waals surface area (Å²) < 4.78 is 0. The van der Waals surface area contributed by atoms with E-state index < -0.39 is 0 Å². The number of rotatable bonds is 4. The first-order chi connectivity index (χ1) is 6.79. The number of hydrogen-bond acceptors (Lipinski definition) is 2. The number of primary amides is 1. The molecule has 76 valence electrons. The van der Waals surface area contributed by atoms with Gasteiger partial charge >= 0.3 is 0 Å². The Bertz CT molecular complexity index is 266. The van der Waals surface area contributed by atoms with Crippen LogP contribution in [0, 0.1) is 0 Å². The van der Waals surface area contributed by atoms with E-state index in [1.165, 1.54) is 0 Å². The number of nitrogens with one attached hydrogen (secondary N) is 1. The Morgan fingerprint density at radius 3 is 2.86 bits per heavy atom. The van der Waals surface area contributed by atoms with Crippen molar-refractivity contribution in [1.82, 2.24) is 5.32 Å². The first-order valence-electron chi connectivity index (χ1n) is 4.83. The van der Waals surface area contributed by atoms with E-state index in [1.807, 2.05) is 30.5 Å². The number of carbonyl (C=O) groups excluding carboxylic acids is 1. The third-order valence-electron chi connectivity index (χ3n) is 2.02. The third kappa shape index (κ3) is 4.50. The van der Waals surface area contributed by atoms with Gasteiger partial charge in [-0.05, 0) is 25.1 Å². The fourth-order valence-corrected chi connectivity index (χ4v) is 1.29. The lowest BCUT2D eigenvalue weighted by Gasteiger charge is -2.12. The van der Waals surface area contributed by atoms with Crippen LogP contribution in [0.3, 0.4) is 0 Å². The fraction of sp³-hybridized carbons (Fsp3) is 0.364. The average molecular weight is 192 g/mol. The highest BCUT2D eigenvalue weighted by atomic mass is 16.1. The van der Waals surface area contributed by atoms with Gasteiger partial charge in [0.2, 0.25) is 5.91 Å². The summed E-state index contributed by atoms with van der Waals surface area (Å²) in [7, 11) is 0. The molecule has 1 atom stereocenters. The van der Waals surface area contributed by atoms with Gasteiger partial charge in [0.15, 0.2) is 0 Å². The molecule has 14 heavy (non-hydrogen) atoms. The van der Waals surface area contributed by atoms with Crippen LogP contribution in [0.4, 0.5) is 0 Å². The molecular weight excluding hydrogens is 176 g/mol. The molecule has 1 amide bonds. The number of amides is 1. The van der Waals surface area contributed by atoms with Crippen LogP contribution in [0.15, 0.2) is 36.6 Å². The molecule has 0 radical (unpaired) electrons. The SMILES string of the molecule is NC(=O)CCCC1\C=C/C=C\C=C/N1. The summed E-state index contributed by atoms with van der Waals surface area (Å²) in [4.78, 5) is 10.5. The summed E-state index contributed by atoms with van der Waals surface area (Å²) in [5, 5.41) is 3.22. The maximum absolute atomic E-state index is 10.5. The first-order valence-corrected chi connectivity index (χ1v) is 4.83. The van der Waals surface area contributed by atoms with Gasteiger partial charge in [-0.25, -0.2) is 0 Å². The summed E-state index contributed by atoms with van der Waals surface area (Å²) >= 11 is 0. The molecule has 0 aromatic carbocycles. The molecule has 0 aromatic rings. The molecule has 3 heteroatoms. The number of carbonyl (C=O) groups is 1. The van der Waals surface area contributed by atoms with Gasteiger partial charge < -0.3 is 11.1 Å². The maximum Gasteiger partial charge on any atom is 0.217 e. The van der Waals surface area contributed by atoms with Crippen LogP contribution in [0.5, 0.6) is 0 Å². The fourth-order valence-electron chi connectivity index (χ4n) is 1.29. The van der Waals surface area contributed by atoms with E-state index in [0.29, 0.717) is 12.5 Å². The van der Waals surface area contributed by atoms with Gasteiger partial charge in [0, 0.05) is 12.5 Å². The lowest BCUT2D eigenvalue weighted by molar-refractivity contribution is -0.118. The monoisotopic (exact) mass is 192 g/mol. The highest BCUT2D eigenvalue weighted by molar-refractivity contribution is 5.73. The standard InChI is InChI=1S/C11H16N2O/c12-11(14)8-5-7-10-6-3-1-2-4-9-13-10/h1-4,6,9-10,13H,5,7-8H2,(H2,12,14)/b2-1-,6-3-,9-4-. The van der Waals surface area contributed by atoms with E-state index in [1.54, 1.807) is 0 Å². The van der Waals surface area contributed by atoms with Crippen molar-refractivity contribution in [2.24, 2.45) is 5.73 Å². The minimum atomic E-state index is -0.227. The Morgan fingerprint density at radius 1 is 1.29 bits per heavy atom. The van der Waals surface area contributed by atoms with Crippen molar-refractivity contribution in [3.05, 3.63) is 36.6 Å². The molecule has 0 aromatic heterocycles. The van der Waals surface area contributed by atoms with Crippen LogP contribution < -0.4 is 11.1 Å². The van der Waals surface area contributed by atoms with Gasteiger partial charge in [0.1, 0.15) is 0 Å². The van der Waals surface area contributed by atoms with E-state index in [0.717, 1.165) is 12.8 Å². The maximum atomic E-state index is 10.5. The zero-order chi connectivity index (χ0) is 10.2. The molecule has 0 bridgehead atoms. The van der Waals surface area contributed by atoms with E-state index in [-0.39, 0.29) is 5.91 Å². The summed E-state index contributed by atoms with van der Waals surface area (Å²) in [6.07, 6.45) is 14.1. The summed E-state index contributed by atoms with van der Waals surface area (Å²) in [6, 6.07) is 0.301. The van der Waals surface area contributed by atoms with Gasteiger partial charge in [-0.3, -0.25) is 4.79 Å². The van der Waals surface area contributed by atoms with Gasteiger partial charge in [0.05, 0.1) is 0 Å². The highest BCUT2D eigenvalue weighted by Gasteiger charge is 2.03. The molecule has 1 aliphatic heterocycles. The van der Waals surface area contributed by atoms with Crippen molar-refractivity contribution in [2.45, 2.75) is 25.3 Å². The van der Waals surface area contributed by atoms with Crippen molar-refractivity contribution in [2.75, 3.05) is 0 Å². The Labute approximate surface area is 84.4 Å². The second-order valence-electron chi connectivity index (χ2n) is 3.26. The topological polar surface area (TPSA) is 55.1 Å². The number of allylic oxidation sites excluding steroid dienone is 4. The van der Waals surface area contributed by atoms with Crippen LogP contribution in [0.2, 0.25) is 0 Å². The van der Waals surface area contributed by atoms with Crippen molar-refractivity contribution in [3.63, 3.8) is 0 Å². The van der Waals surface area contributed by atoms with E-state index in [9.17, 15) is 4.79 Å². The summed E-state index contributed by atoms with van der Waals surface area (Å²) in [5.41, 5.74) is 5.06. The molecule has 3 nitrogen and oxygen atoms in total. The second-order valence-corrected chi connectivity index (χ2v) is 3.26. The molecule has 1 unspecified atom stereocenters. The van der Waals surface area contributed by atoms with Gasteiger partial charge in [-0.15, -0.1) is 0 Å². The minimum absolute atomic E-state index is 0.227. The van der Waals surface area contributed by atoms with E-state index in [4.69, 9.17) is 5.73 Å². The normalized spacial score (nSPS) is 26.7. The van der Waals surface area contributed by atoms with E-state index in [2.05, 4.69) is 11.4 Å². The molecule has 0 spiro atoms. The predicted octanol–water partition coefficient (Wildman–Crippen LogP) is 1.24. The quantitative estimate of drug-likeness (QED) is 0.704. The molecule has 0 saturated carbocycles. The average Bonchev–Trinajstić information content (AvgIpc) is 2.07. The second kappa shape index (κ2) is 6.02. The van der Waals surface area contributed by atoms with E-state index >= 15 is 0 Å². The number of hydrogen-bond donors (Lipinski definition) is 2. The predicted molar refractivity (Wildman–Crippen MR) is 57.4 cm³/mol. The highest BCUT2D eigenvalue weighted by Crippen LogP contribution is 2.03. The van der Waals surface area contributed by atoms with Crippen molar-refractivity contribution in [3.8, 4) is 0 Å². The Balaban J connectivity index is 2.29. The Hall–Kier alpha value is -1.51. The summed E-state index contributed by atoms with van der Waals surface area (Å²) in [5.74, 6) is -0.227. The molecule has 0 fully saturated rings. The van der Waals surface area contributed by atoms with Crippen molar-refractivity contribution >= 4 is 5.91 Å².